The van der Waals surface area contributed by atoms with E-state index in [9.17, 15) is 4.79 Å². The predicted octanol–water partition coefficient (Wildman–Crippen LogP) is 1.76. The molecule has 1 aromatic heterocycles. The van der Waals surface area contributed by atoms with Crippen LogP contribution in [-0.4, -0.2) is 35.0 Å². The molecule has 0 aliphatic carbocycles. The molecule has 2 heterocycles. The molecule has 110 valence electrons. The highest BCUT2D eigenvalue weighted by Gasteiger charge is 2.31. The Morgan fingerprint density at radius 2 is 2.30 bits per heavy atom. The Hall–Kier alpha value is -1.37. The molecular formula is C13H20BrN5O. The van der Waals surface area contributed by atoms with Crippen LogP contribution in [-0.2, 0) is 4.79 Å². The van der Waals surface area contributed by atoms with Crippen molar-refractivity contribution in [1.82, 2.24) is 9.97 Å². The van der Waals surface area contributed by atoms with Gasteiger partial charge in [-0.3, -0.25) is 4.79 Å². The standard InChI is InChI=1S/C13H20BrN5O/c1-3-16-12-10(14)13(18-7-17-12)19-6-9(11(15)20)5-4-8(19)2/h7-9H,3-6H2,1-2H3,(H2,15,20)(H,16,17,18). The van der Waals surface area contributed by atoms with Crippen LogP contribution in [0.25, 0.3) is 0 Å². The minimum absolute atomic E-state index is 0.115. The normalized spacial score (nSPS) is 22.6. The lowest BCUT2D eigenvalue weighted by Gasteiger charge is -2.38. The molecule has 1 aliphatic heterocycles. The van der Waals surface area contributed by atoms with Gasteiger partial charge in [0.05, 0.1) is 5.92 Å². The van der Waals surface area contributed by atoms with Crippen molar-refractivity contribution < 1.29 is 4.79 Å². The van der Waals surface area contributed by atoms with E-state index in [0.29, 0.717) is 12.6 Å². The molecule has 0 spiro atoms. The molecule has 1 aliphatic rings. The number of amides is 1. The SMILES string of the molecule is CCNc1ncnc(N2CC(C(N)=O)CCC2C)c1Br. The first kappa shape index (κ1) is 15.0. The number of piperidine rings is 1. The number of nitrogens with two attached hydrogens (primary N) is 1. The Bertz CT molecular complexity index is 496. The smallest absolute Gasteiger partial charge is 0.222 e. The van der Waals surface area contributed by atoms with Crippen LogP contribution in [0.4, 0.5) is 11.6 Å². The maximum absolute atomic E-state index is 11.4. The summed E-state index contributed by atoms with van der Waals surface area (Å²) >= 11 is 3.56. The molecule has 3 N–H and O–H groups in total. The fourth-order valence-corrected chi connectivity index (χ4v) is 3.06. The topological polar surface area (TPSA) is 84.1 Å². The van der Waals surface area contributed by atoms with Crippen molar-refractivity contribution in [2.75, 3.05) is 23.3 Å². The van der Waals surface area contributed by atoms with Gasteiger partial charge in [-0.15, -0.1) is 0 Å². The maximum Gasteiger partial charge on any atom is 0.222 e. The summed E-state index contributed by atoms with van der Waals surface area (Å²) in [5, 5.41) is 3.19. The maximum atomic E-state index is 11.4. The van der Waals surface area contributed by atoms with Gasteiger partial charge in [0.25, 0.3) is 0 Å². The number of primary amides is 1. The van der Waals surface area contributed by atoms with E-state index in [2.05, 4.69) is 43.0 Å². The number of carbonyl (C=O) groups excluding carboxylic acids is 1. The van der Waals surface area contributed by atoms with E-state index in [1.54, 1.807) is 6.33 Å². The number of hydrogen-bond acceptors (Lipinski definition) is 5. The lowest BCUT2D eigenvalue weighted by Crippen LogP contribution is -2.46. The molecular weight excluding hydrogens is 322 g/mol. The molecule has 2 atom stereocenters. The van der Waals surface area contributed by atoms with Gasteiger partial charge in [-0.1, -0.05) is 0 Å². The van der Waals surface area contributed by atoms with Crippen LogP contribution >= 0.6 is 15.9 Å². The van der Waals surface area contributed by atoms with E-state index < -0.39 is 0 Å². The molecule has 1 saturated heterocycles. The predicted molar refractivity (Wildman–Crippen MR) is 82.6 cm³/mol. The third kappa shape index (κ3) is 3.03. The van der Waals surface area contributed by atoms with Gasteiger partial charge in [-0.05, 0) is 42.6 Å². The first-order valence-corrected chi connectivity index (χ1v) is 7.64. The van der Waals surface area contributed by atoms with Gasteiger partial charge in [-0.2, -0.15) is 0 Å². The first-order chi connectivity index (χ1) is 9.54. The number of rotatable bonds is 4. The minimum atomic E-state index is -0.237. The van der Waals surface area contributed by atoms with Crippen molar-refractivity contribution in [3.8, 4) is 0 Å². The van der Waals surface area contributed by atoms with E-state index in [1.807, 2.05) is 6.92 Å². The van der Waals surface area contributed by atoms with Gasteiger partial charge in [0.15, 0.2) is 0 Å². The third-order valence-electron chi connectivity index (χ3n) is 3.67. The summed E-state index contributed by atoms with van der Waals surface area (Å²) in [4.78, 5) is 22.1. The van der Waals surface area contributed by atoms with Crippen LogP contribution in [0.3, 0.4) is 0 Å². The Labute approximate surface area is 127 Å². The monoisotopic (exact) mass is 341 g/mol. The fraction of sp³-hybridized carbons (Fsp3) is 0.615. The lowest BCUT2D eigenvalue weighted by molar-refractivity contribution is -0.122. The Morgan fingerprint density at radius 3 is 2.95 bits per heavy atom. The number of hydrogen-bond donors (Lipinski definition) is 2. The summed E-state index contributed by atoms with van der Waals surface area (Å²) in [6.07, 6.45) is 3.31. The van der Waals surface area contributed by atoms with E-state index in [-0.39, 0.29) is 11.8 Å². The van der Waals surface area contributed by atoms with Crippen LogP contribution in [0, 0.1) is 5.92 Å². The quantitative estimate of drug-likeness (QED) is 0.871. The number of halogens is 1. The number of anilines is 2. The molecule has 2 unspecified atom stereocenters. The van der Waals surface area contributed by atoms with Crippen molar-refractivity contribution in [2.45, 2.75) is 32.7 Å². The van der Waals surface area contributed by atoms with Gasteiger partial charge in [0.2, 0.25) is 5.91 Å². The Balaban J connectivity index is 2.29. The minimum Gasteiger partial charge on any atom is -0.369 e. The Kier molecular flexibility index (Phi) is 4.80. The van der Waals surface area contributed by atoms with Gasteiger partial charge in [-0.25, -0.2) is 9.97 Å². The number of aromatic nitrogens is 2. The van der Waals surface area contributed by atoms with Gasteiger partial charge in [0, 0.05) is 19.1 Å². The molecule has 7 heteroatoms. The van der Waals surface area contributed by atoms with Crippen LogP contribution in [0.5, 0.6) is 0 Å². The highest BCUT2D eigenvalue weighted by Crippen LogP contribution is 2.34. The number of carbonyl (C=O) groups is 1. The molecule has 2 rings (SSSR count). The second-order valence-corrected chi connectivity index (χ2v) is 5.86. The van der Waals surface area contributed by atoms with Gasteiger partial charge in [0.1, 0.15) is 22.4 Å². The summed E-state index contributed by atoms with van der Waals surface area (Å²) < 4.78 is 0.832. The summed E-state index contributed by atoms with van der Waals surface area (Å²) in [5.41, 5.74) is 5.45. The van der Waals surface area contributed by atoms with Crippen molar-refractivity contribution in [3.63, 3.8) is 0 Å². The molecule has 1 amide bonds. The van der Waals surface area contributed by atoms with Gasteiger partial charge >= 0.3 is 0 Å². The van der Waals surface area contributed by atoms with Crippen molar-refractivity contribution in [1.29, 1.82) is 0 Å². The van der Waals surface area contributed by atoms with Crippen molar-refractivity contribution in [2.24, 2.45) is 11.7 Å². The van der Waals surface area contributed by atoms with E-state index in [0.717, 1.165) is 35.5 Å². The van der Waals surface area contributed by atoms with Crippen LogP contribution in [0.2, 0.25) is 0 Å². The first-order valence-electron chi connectivity index (χ1n) is 6.84. The van der Waals surface area contributed by atoms with E-state index >= 15 is 0 Å². The summed E-state index contributed by atoms with van der Waals surface area (Å²) in [6.45, 7) is 5.55. The number of nitrogens with one attached hydrogen (secondary N) is 1. The van der Waals surface area contributed by atoms with Gasteiger partial charge < -0.3 is 16.0 Å². The van der Waals surface area contributed by atoms with Crippen molar-refractivity contribution in [3.05, 3.63) is 10.8 Å². The van der Waals surface area contributed by atoms with E-state index in [1.165, 1.54) is 0 Å². The fourth-order valence-electron chi connectivity index (χ4n) is 2.49. The highest BCUT2D eigenvalue weighted by molar-refractivity contribution is 9.10. The molecule has 20 heavy (non-hydrogen) atoms. The zero-order valence-corrected chi connectivity index (χ0v) is 13.4. The molecule has 1 fully saturated rings. The lowest BCUT2D eigenvalue weighted by atomic mass is 9.93. The molecule has 0 bridgehead atoms. The molecule has 0 saturated carbocycles. The molecule has 0 aromatic carbocycles. The van der Waals surface area contributed by atoms with Crippen LogP contribution < -0.4 is 16.0 Å². The zero-order valence-electron chi connectivity index (χ0n) is 11.8. The summed E-state index contributed by atoms with van der Waals surface area (Å²) in [6, 6.07) is 0.325. The largest absolute Gasteiger partial charge is 0.369 e. The van der Waals surface area contributed by atoms with Crippen LogP contribution in [0.15, 0.2) is 10.8 Å². The van der Waals surface area contributed by atoms with E-state index in [4.69, 9.17) is 5.73 Å². The highest BCUT2D eigenvalue weighted by atomic mass is 79.9. The zero-order chi connectivity index (χ0) is 14.7. The number of nitrogens with zero attached hydrogens (tertiary/aromatic N) is 3. The summed E-state index contributed by atoms with van der Waals surface area (Å²) in [5.74, 6) is 1.23. The third-order valence-corrected chi connectivity index (χ3v) is 4.40. The molecule has 0 radical (unpaired) electrons. The second kappa shape index (κ2) is 6.39. The summed E-state index contributed by atoms with van der Waals surface area (Å²) in [7, 11) is 0. The molecule has 1 aromatic rings. The average molecular weight is 342 g/mol. The molecule has 6 nitrogen and oxygen atoms in total. The van der Waals surface area contributed by atoms with Crippen molar-refractivity contribution >= 4 is 33.5 Å². The van der Waals surface area contributed by atoms with Crippen LogP contribution in [0.1, 0.15) is 26.7 Å². The Morgan fingerprint density at radius 1 is 1.55 bits per heavy atom. The average Bonchev–Trinajstić information content (AvgIpc) is 2.42. The second-order valence-electron chi connectivity index (χ2n) is 5.07.